The Morgan fingerprint density at radius 2 is 1.26 bits per heavy atom. The van der Waals surface area contributed by atoms with E-state index < -0.39 is 0 Å². The Hall–Kier alpha value is -4.06. The number of nitrogens with zero attached hydrogens (tertiary/aromatic N) is 6. The van der Waals surface area contributed by atoms with Gasteiger partial charge < -0.3 is 43.7 Å². The number of phenols is 2. The molecule has 85 heavy (non-hydrogen) atoms. The average molecular weight is 1470 g/mol. The number of fused-ring (bicyclic) bond motifs is 2. The second kappa shape index (κ2) is 35.8. The zero-order valence-corrected chi connectivity index (χ0v) is 58.3. The molecule has 2 atom stereocenters. The maximum Gasteiger partial charge on any atom is 0.488 e. The number of phenolic OH excluding ortho intramolecular Hbond substituents is 2. The normalized spacial score (nSPS) is 20.4. The molecule has 3 aliphatic carbocycles. The first kappa shape index (κ1) is 71.7. The fourth-order valence-electron chi connectivity index (χ4n) is 11.2. The largest absolute Gasteiger partial charge is 0.508 e. The van der Waals surface area contributed by atoms with Crippen LogP contribution in [0.3, 0.4) is 0 Å². The summed E-state index contributed by atoms with van der Waals surface area (Å²) >= 11 is 6.78. The maximum atomic E-state index is 12.1. The molecule has 17 heteroatoms. The molecule has 468 valence electrons. The number of halogens is 2. The third-order valence-electron chi connectivity index (χ3n) is 17.8. The minimum Gasteiger partial charge on any atom is -0.508 e. The van der Waals surface area contributed by atoms with Crippen molar-refractivity contribution in [3.63, 3.8) is 0 Å². The molecule has 3 aromatic carbocycles. The summed E-state index contributed by atoms with van der Waals surface area (Å²) < 4.78 is 24.2. The number of aryl methyl sites for hydroxylation is 3. The van der Waals surface area contributed by atoms with Crippen molar-refractivity contribution in [2.45, 2.75) is 170 Å². The number of hydrogen-bond donors (Lipinski definition) is 2. The minimum atomic E-state index is -0.188. The molecule has 5 heterocycles. The first-order valence-electron chi connectivity index (χ1n) is 30.9. The number of rotatable bonds is 8. The van der Waals surface area contributed by atoms with Gasteiger partial charge in [-0.1, -0.05) is 120 Å². The molecule has 5 fully saturated rings. The number of allylic oxidation sites excluding steroid dienone is 4. The SMILES string of the molecule is C1=CCC/C=C\CC1.C1CCC2CCCC2C1.C=CC(=O)N1CCN(c2nc(OCCCN3CCOCC3)nc3c2CCN(c2cc(O)cc(C)c2C)C3)CC1.CC1(C)O[B]OC1(C)C.Cc1cc(O)cc(Br)c1C.Cc1cccc(Br)c1C.[Ir]. The Bertz CT molecular complexity index is 2710. The molecule has 11 rings (SSSR count). The van der Waals surface area contributed by atoms with Crippen molar-refractivity contribution in [1.29, 1.82) is 0 Å². The third-order valence-corrected chi connectivity index (χ3v) is 19.5. The van der Waals surface area contributed by atoms with Crippen LogP contribution in [0.15, 0.2) is 88.4 Å². The van der Waals surface area contributed by atoms with Crippen LogP contribution in [0.25, 0.3) is 0 Å². The number of anilines is 2. The number of morpholine rings is 1. The van der Waals surface area contributed by atoms with Crippen molar-refractivity contribution in [3.8, 4) is 17.5 Å². The van der Waals surface area contributed by atoms with Crippen LogP contribution in [0.5, 0.6) is 17.5 Å². The smallest absolute Gasteiger partial charge is 0.488 e. The van der Waals surface area contributed by atoms with E-state index in [1.165, 1.54) is 91.7 Å². The molecule has 0 spiro atoms. The quantitative estimate of drug-likeness (QED) is 0.0753. The molecule has 7 aliphatic rings. The molecule has 0 bridgehead atoms. The van der Waals surface area contributed by atoms with Gasteiger partial charge in [0.05, 0.1) is 43.3 Å². The fraction of sp³-hybridized carbons (Fsp3) is 0.574. The summed E-state index contributed by atoms with van der Waals surface area (Å²) in [7, 11) is 1.42. The van der Waals surface area contributed by atoms with E-state index in [0.29, 0.717) is 51.1 Å². The van der Waals surface area contributed by atoms with E-state index in [4.69, 9.17) is 33.9 Å². The Balaban J connectivity index is 0.000000228. The van der Waals surface area contributed by atoms with Gasteiger partial charge >= 0.3 is 13.7 Å². The van der Waals surface area contributed by atoms with E-state index in [0.717, 1.165) is 96.2 Å². The van der Waals surface area contributed by atoms with Crippen LogP contribution in [0.4, 0.5) is 11.5 Å². The summed E-state index contributed by atoms with van der Waals surface area (Å²) in [6.45, 7) is 33.1. The van der Waals surface area contributed by atoms with E-state index in [9.17, 15) is 9.90 Å². The fourth-order valence-corrected chi connectivity index (χ4v) is 12.2. The van der Waals surface area contributed by atoms with Gasteiger partial charge in [0, 0.05) is 98.7 Å². The van der Waals surface area contributed by atoms with E-state index in [2.05, 4.69) is 110 Å². The van der Waals surface area contributed by atoms with Gasteiger partial charge in [-0.3, -0.25) is 9.69 Å². The number of hydrogen-bond acceptors (Lipinski definition) is 12. The van der Waals surface area contributed by atoms with Gasteiger partial charge in [0.2, 0.25) is 5.91 Å². The van der Waals surface area contributed by atoms with E-state index in [1.54, 1.807) is 43.9 Å². The molecule has 2 unspecified atom stereocenters. The summed E-state index contributed by atoms with van der Waals surface area (Å²) in [4.78, 5) is 30.7. The first-order valence-corrected chi connectivity index (χ1v) is 32.4. The standard InChI is InChI=1S/C29H40N6O4.C9H16.C8H9BrO.C8H9Br.C8H12.C6H12BO2.Ir/c1-4-27(37)33-9-11-34(12-10-33)28-24-6-8-35(26-19-23(36)18-21(2)22(26)3)20-25(24)30-29(31-28)39-15-5-7-32-13-16-38-17-14-32;1-2-5-9-7-3-6-8(9)4-1;1-5-3-7(10)4-8(9)6(5)2;1-6-4-3-5-8(9)7(6)2;1-2-4-6-8-7-5-3-1;1-5(2)6(3,4)9-7-8-5;/h4,18-19,36H,1,5-17,20H2,2-3H3;8-9H,1-7H2;3-4,10H,1-2H3;3-5H,1-2H3;1-2,7-8H,3-6H2;1-4H3;/b;;;;2-1-,8-7?;;. The van der Waals surface area contributed by atoms with Crippen LogP contribution in [-0.2, 0) is 51.9 Å². The Kier molecular flexibility index (Phi) is 30.2. The van der Waals surface area contributed by atoms with Gasteiger partial charge in [0.25, 0.3) is 0 Å². The van der Waals surface area contributed by atoms with Gasteiger partial charge in [0.15, 0.2) is 0 Å². The monoisotopic (exact) mass is 1470 g/mol. The predicted octanol–water partition coefficient (Wildman–Crippen LogP) is 14.9. The molecule has 2 radical (unpaired) electrons. The topological polar surface area (TPSA) is 133 Å². The number of aromatic hydroxyl groups is 2. The predicted molar refractivity (Wildman–Crippen MR) is 352 cm³/mol. The number of amides is 1. The molecule has 4 aromatic rings. The second-order valence-electron chi connectivity index (χ2n) is 24.2. The Morgan fingerprint density at radius 1 is 0.706 bits per heavy atom. The first-order chi connectivity index (χ1) is 40.2. The molecular formula is C68H98BBr2IrN6O7. The molecule has 1 amide bonds. The van der Waals surface area contributed by atoms with Gasteiger partial charge in [-0.25, -0.2) is 0 Å². The van der Waals surface area contributed by atoms with Gasteiger partial charge in [0.1, 0.15) is 17.3 Å². The zero-order valence-electron chi connectivity index (χ0n) is 52.8. The van der Waals surface area contributed by atoms with Crippen molar-refractivity contribution in [2.75, 3.05) is 82.0 Å². The Labute approximate surface area is 541 Å². The number of ether oxygens (including phenoxy) is 2. The minimum absolute atomic E-state index is 0. The average Bonchev–Trinajstić information content (AvgIpc) is 3.93. The van der Waals surface area contributed by atoms with Crippen molar-refractivity contribution < 1.29 is 53.9 Å². The van der Waals surface area contributed by atoms with Crippen LogP contribution in [-0.4, -0.2) is 127 Å². The Morgan fingerprint density at radius 3 is 1.79 bits per heavy atom. The molecular weight excluding hydrogens is 1380 g/mol. The molecule has 13 nitrogen and oxygen atoms in total. The maximum absolute atomic E-state index is 12.1. The number of benzene rings is 3. The summed E-state index contributed by atoms with van der Waals surface area (Å²) in [5.74, 6) is 3.80. The van der Waals surface area contributed by atoms with E-state index in [-0.39, 0.29) is 43.0 Å². The van der Waals surface area contributed by atoms with Crippen molar-refractivity contribution in [3.05, 3.63) is 133 Å². The summed E-state index contributed by atoms with van der Waals surface area (Å²) in [5.41, 5.74) is 9.93. The van der Waals surface area contributed by atoms with Gasteiger partial charge in [-0.2, -0.15) is 9.97 Å². The van der Waals surface area contributed by atoms with Crippen molar-refractivity contribution in [1.82, 2.24) is 19.8 Å². The zero-order chi connectivity index (χ0) is 60.8. The molecule has 2 N–H and O–H groups in total. The molecule has 1 aromatic heterocycles. The third kappa shape index (κ3) is 22.2. The second-order valence-corrected chi connectivity index (χ2v) is 26.0. The summed E-state index contributed by atoms with van der Waals surface area (Å²) in [6.07, 6.45) is 27.9. The van der Waals surface area contributed by atoms with Gasteiger partial charge in [-0.05, 0) is 183 Å². The molecule has 2 saturated carbocycles. The number of carbonyl (C=O) groups excluding carboxylic acids is 1. The van der Waals surface area contributed by atoms with E-state index >= 15 is 0 Å². The van der Waals surface area contributed by atoms with Crippen molar-refractivity contribution >= 4 is 57.0 Å². The van der Waals surface area contributed by atoms with Crippen LogP contribution < -0.4 is 14.5 Å². The molecule has 3 saturated heterocycles. The summed E-state index contributed by atoms with van der Waals surface area (Å²) in [5, 5.41) is 19.4. The van der Waals surface area contributed by atoms with Crippen LogP contribution in [0.1, 0.15) is 149 Å². The van der Waals surface area contributed by atoms with Crippen LogP contribution in [0, 0.1) is 53.4 Å². The number of aromatic nitrogens is 2. The number of piperazine rings is 1. The molecule has 4 aliphatic heterocycles. The van der Waals surface area contributed by atoms with Crippen molar-refractivity contribution in [2.24, 2.45) is 11.8 Å². The van der Waals surface area contributed by atoms with Gasteiger partial charge in [-0.15, -0.1) is 0 Å². The summed E-state index contributed by atoms with van der Waals surface area (Å²) in [6, 6.07) is 13.7. The number of carbonyl (C=O) groups is 1. The van der Waals surface area contributed by atoms with E-state index in [1.807, 2.05) is 65.5 Å². The van der Waals surface area contributed by atoms with Crippen LogP contribution >= 0.6 is 31.9 Å². The van der Waals surface area contributed by atoms with Crippen LogP contribution in [0.2, 0.25) is 0 Å².